The van der Waals surface area contributed by atoms with E-state index < -0.39 is 10.0 Å². The van der Waals surface area contributed by atoms with E-state index in [0.717, 1.165) is 11.8 Å². The first kappa shape index (κ1) is 14.7. The van der Waals surface area contributed by atoms with E-state index in [-0.39, 0.29) is 11.8 Å². The summed E-state index contributed by atoms with van der Waals surface area (Å²) in [5, 5.41) is 0.888. The van der Waals surface area contributed by atoms with Gasteiger partial charge in [0.2, 0.25) is 10.0 Å². The third kappa shape index (κ3) is 3.64. The predicted molar refractivity (Wildman–Crippen MR) is 75.4 cm³/mol. The smallest absolute Gasteiger partial charge is 0.272 e. The molecule has 1 aliphatic rings. The zero-order valence-electron chi connectivity index (χ0n) is 11.0. The molecular formula is C13H17N3O3S. The molecule has 2 heterocycles. The molecule has 2 rings (SSSR count). The molecule has 0 spiro atoms. The summed E-state index contributed by atoms with van der Waals surface area (Å²) in [6, 6.07) is 5.20. The lowest BCUT2D eigenvalue weighted by molar-refractivity contribution is 0.0781. The first-order valence-corrected chi connectivity index (χ1v) is 7.89. The van der Waals surface area contributed by atoms with Crippen LogP contribution in [0.15, 0.2) is 36.4 Å². The van der Waals surface area contributed by atoms with Crippen LogP contribution in [-0.4, -0.2) is 43.8 Å². The van der Waals surface area contributed by atoms with Crippen molar-refractivity contribution >= 4 is 15.9 Å². The highest BCUT2D eigenvalue weighted by Gasteiger charge is 2.27. The minimum absolute atomic E-state index is 0.111. The maximum Gasteiger partial charge on any atom is 0.272 e. The topological polar surface area (TPSA) is 79.4 Å². The maximum absolute atomic E-state index is 12.2. The fourth-order valence-corrected chi connectivity index (χ4v) is 2.71. The summed E-state index contributed by atoms with van der Waals surface area (Å²) >= 11 is 0. The molecule has 1 unspecified atom stereocenters. The molecule has 1 N–H and O–H groups in total. The lowest BCUT2D eigenvalue weighted by Gasteiger charge is -2.16. The summed E-state index contributed by atoms with van der Waals surface area (Å²) in [7, 11) is -3.40. The van der Waals surface area contributed by atoms with Crippen LogP contribution in [0.3, 0.4) is 0 Å². The van der Waals surface area contributed by atoms with Crippen molar-refractivity contribution in [2.75, 3.05) is 19.6 Å². The van der Waals surface area contributed by atoms with Crippen LogP contribution in [-0.2, 0) is 10.0 Å². The zero-order chi connectivity index (χ0) is 14.6. The van der Waals surface area contributed by atoms with Crippen LogP contribution < -0.4 is 4.72 Å². The highest BCUT2D eigenvalue weighted by Crippen LogP contribution is 2.17. The standard InChI is InChI=1S/C13H17N3O3S/c1-2-20(18,19)15-9-11-6-8-16(10-11)13(17)12-5-3-4-7-14-12/h2-5,7,11,15H,1,6,8-10H2. The van der Waals surface area contributed by atoms with Crippen molar-refractivity contribution in [2.24, 2.45) is 5.92 Å². The number of pyridine rings is 1. The van der Waals surface area contributed by atoms with E-state index in [1.54, 1.807) is 29.3 Å². The number of hydrogen-bond acceptors (Lipinski definition) is 4. The van der Waals surface area contributed by atoms with Gasteiger partial charge in [0, 0.05) is 31.2 Å². The van der Waals surface area contributed by atoms with Crippen LogP contribution in [0.4, 0.5) is 0 Å². The molecule has 1 aromatic heterocycles. The minimum Gasteiger partial charge on any atom is -0.337 e. The quantitative estimate of drug-likeness (QED) is 0.863. The molecular weight excluding hydrogens is 278 g/mol. The van der Waals surface area contributed by atoms with Crippen LogP contribution in [0.1, 0.15) is 16.9 Å². The van der Waals surface area contributed by atoms with Crippen molar-refractivity contribution in [2.45, 2.75) is 6.42 Å². The van der Waals surface area contributed by atoms with Gasteiger partial charge in [-0.15, -0.1) is 0 Å². The van der Waals surface area contributed by atoms with E-state index >= 15 is 0 Å². The molecule has 0 radical (unpaired) electrons. The summed E-state index contributed by atoms with van der Waals surface area (Å²) in [6.07, 6.45) is 2.36. The molecule has 1 amide bonds. The van der Waals surface area contributed by atoms with Crippen LogP contribution in [0.5, 0.6) is 0 Å². The van der Waals surface area contributed by atoms with E-state index in [1.165, 1.54) is 0 Å². The molecule has 0 aromatic carbocycles. The Balaban J connectivity index is 1.90. The van der Waals surface area contributed by atoms with E-state index in [0.29, 0.717) is 25.3 Å². The minimum atomic E-state index is -3.40. The third-order valence-electron chi connectivity index (χ3n) is 3.25. The van der Waals surface area contributed by atoms with E-state index in [1.807, 2.05) is 0 Å². The Morgan fingerprint density at radius 3 is 3.00 bits per heavy atom. The van der Waals surface area contributed by atoms with Gasteiger partial charge in [-0.2, -0.15) is 0 Å². The van der Waals surface area contributed by atoms with Gasteiger partial charge in [0.05, 0.1) is 0 Å². The van der Waals surface area contributed by atoms with Gasteiger partial charge in [0.25, 0.3) is 5.91 Å². The third-order valence-corrected chi connectivity index (χ3v) is 4.26. The number of amides is 1. The largest absolute Gasteiger partial charge is 0.337 e. The summed E-state index contributed by atoms with van der Waals surface area (Å²) < 4.78 is 25.0. The molecule has 1 fully saturated rings. The molecule has 20 heavy (non-hydrogen) atoms. The number of rotatable bonds is 5. The Hall–Kier alpha value is -1.73. The molecule has 0 aliphatic carbocycles. The Labute approximate surface area is 118 Å². The van der Waals surface area contributed by atoms with Crippen LogP contribution in [0.2, 0.25) is 0 Å². The average molecular weight is 295 g/mol. The number of carbonyl (C=O) groups is 1. The molecule has 1 saturated heterocycles. The van der Waals surface area contributed by atoms with Gasteiger partial charge in [-0.3, -0.25) is 9.78 Å². The number of nitrogens with one attached hydrogen (secondary N) is 1. The van der Waals surface area contributed by atoms with Gasteiger partial charge in [-0.1, -0.05) is 12.6 Å². The van der Waals surface area contributed by atoms with E-state index in [9.17, 15) is 13.2 Å². The number of hydrogen-bond donors (Lipinski definition) is 1. The van der Waals surface area contributed by atoms with Gasteiger partial charge in [0.15, 0.2) is 0 Å². The van der Waals surface area contributed by atoms with Crippen molar-refractivity contribution in [3.8, 4) is 0 Å². The fraction of sp³-hybridized carbons (Fsp3) is 0.385. The van der Waals surface area contributed by atoms with E-state index in [2.05, 4.69) is 16.3 Å². The van der Waals surface area contributed by atoms with Gasteiger partial charge < -0.3 is 4.90 Å². The SMILES string of the molecule is C=CS(=O)(=O)NCC1CCN(C(=O)c2ccccn2)C1. The Kier molecular flexibility index (Phi) is 4.51. The molecule has 1 aromatic rings. The predicted octanol–water partition coefficient (Wildman–Crippen LogP) is 0.607. The summed E-state index contributed by atoms with van der Waals surface area (Å²) in [5.74, 6) is 0.0112. The molecule has 7 heteroatoms. The Bertz CT molecular complexity index is 586. The van der Waals surface area contributed by atoms with Crippen molar-refractivity contribution in [1.82, 2.24) is 14.6 Å². The van der Waals surface area contributed by atoms with Crippen LogP contribution in [0.25, 0.3) is 0 Å². The lowest BCUT2D eigenvalue weighted by Crippen LogP contribution is -2.32. The summed E-state index contributed by atoms with van der Waals surface area (Å²) in [4.78, 5) is 17.9. The monoisotopic (exact) mass is 295 g/mol. The molecule has 0 bridgehead atoms. The highest BCUT2D eigenvalue weighted by atomic mass is 32.2. The molecule has 0 saturated carbocycles. The zero-order valence-corrected chi connectivity index (χ0v) is 11.8. The summed E-state index contributed by atoms with van der Waals surface area (Å²) in [5.41, 5.74) is 0.417. The van der Waals surface area contributed by atoms with Crippen LogP contribution >= 0.6 is 0 Å². The second-order valence-electron chi connectivity index (χ2n) is 4.68. The number of likely N-dealkylation sites (tertiary alicyclic amines) is 1. The van der Waals surface area contributed by atoms with Crippen LogP contribution in [0, 0.1) is 5.92 Å². The van der Waals surface area contributed by atoms with Crippen molar-refractivity contribution < 1.29 is 13.2 Å². The Morgan fingerprint density at radius 1 is 1.55 bits per heavy atom. The molecule has 6 nitrogen and oxygen atoms in total. The Morgan fingerprint density at radius 2 is 2.35 bits per heavy atom. The molecule has 1 aliphatic heterocycles. The van der Waals surface area contributed by atoms with Gasteiger partial charge in [-0.25, -0.2) is 13.1 Å². The molecule has 1 atom stereocenters. The first-order chi connectivity index (χ1) is 9.52. The number of nitrogens with zero attached hydrogens (tertiary/aromatic N) is 2. The number of aromatic nitrogens is 1. The average Bonchev–Trinajstić information content (AvgIpc) is 2.94. The van der Waals surface area contributed by atoms with Crippen molar-refractivity contribution in [3.63, 3.8) is 0 Å². The number of sulfonamides is 1. The number of carbonyl (C=O) groups excluding carboxylic acids is 1. The van der Waals surface area contributed by atoms with Gasteiger partial charge >= 0.3 is 0 Å². The lowest BCUT2D eigenvalue weighted by atomic mass is 10.1. The van der Waals surface area contributed by atoms with Gasteiger partial charge in [0.1, 0.15) is 5.69 Å². The second kappa shape index (κ2) is 6.15. The first-order valence-electron chi connectivity index (χ1n) is 6.34. The fourth-order valence-electron chi connectivity index (χ4n) is 2.13. The van der Waals surface area contributed by atoms with Crippen molar-refractivity contribution in [3.05, 3.63) is 42.1 Å². The van der Waals surface area contributed by atoms with E-state index in [4.69, 9.17) is 0 Å². The second-order valence-corrected chi connectivity index (χ2v) is 6.39. The van der Waals surface area contributed by atoms with Gasteiger partial charge in [-0.05, 0) is 24.5 Å². The maximum atomic E-state index is 12.2. The normalized spacial score (nSPS) is 19.0. The molecule has 108 valence electrons. The van der Waals surface area contributed by atoms with Crippen molar-refractivity contribution in [1.29, 1.82) is 0 Å². The highest BCUT2D eigenvalue weighted by molar-refractivity contribution is 7.92. The summed E-state index contributed by atoms with van der Waals surface area (Å²) in [6.45, 7) is 4.71.